The molecule has 0 spiro atoms. The molecule has 1 atom stereocenters. The summed E-state index contributed by atoms with van der Waals surface area (Å²) in [5.74, 6) is 0.237. The van der Waals surface area contributed by atoms with Crippen molar-refractivity contribution >= 4 is 17.7 Å². The van der Waals surface area contributed by atoms with Crippen LogP contribution in [0, 0.1) is 5.92 Å². The van der Waals surface area contributed by atoms with E-state index >= 15 is 0 Å². The van der Waals surface area contributed by atoms with Crippen molar-refractivity contribution in [2.24, 2.45) is 5.92 Å². The van der Waals surface area contributed by atoms with Crippen molar-refractivity contribution in [2.45, 2.75) is 36.3 Å². The number of aromatic nitrogens is 1. The lowest BCUT2D eigenvalue weighted by atomic mass is 9.76. The lowest BCUT2D eigenvalue weighted by Gasteiger charge is -2.38. The molecule has 4 nitrogen and oxygen atoms in total. The van der Waals surface area contributed by atoms with Gasteiger partial charge in [-0.1, -0.05) is 6.07 Å². The zero-order chi connectivity index (χ0) is 16.9. The average Bonchev–Trinajstić information content (AvgIpc) is 2.59. The van der Waals surface area contributed by atoms with Crippen LogP contribution in [-0.4, -0.2) is 34.4 Å². The Labute approximate surface area is 146 Å². The highest BCUT2D eigenvalue weighted by Crippen LogP contribution is 2.31. The number of amides is 1. The standard InChI is InChI=1S/C19H22N2O2S/c1-24-17-7-5-13(6-8-17)19(23)21-18(14-10-16(22)11-14)12-15-4-2-3-9-20-15/h2-9,14,16,18,22H,10-12H2,1H3,(H,21,23)/t14?,16?,18-/m1/s1. The van der Waals surface area contributed by atoms with Crippen LogP contribution in [0.25, 0.3) is 0 Å². The van der Waals surface area contributed by atoms with Gasteiger partial charge in [-0.3, -0.25) is 9.78 Å². The molecule has 1 amide bonds. The number of carbonyl (C=O) groups excluding carboxylic acids is 1. The molecule has 2 N–H and O–H groups in total. The second-order valence-corrected chi connectivity index (χ2v) is 7.10. The Bertz CT molecular complexity index is 670. The highest BCUT2D eigenvalue weighted by molar-refractivity contribution is 7.98. The molecular weight excluding hydrogens is 320 g/mol. The lowest BCUT2D eigenvalue weighted by molar-refractivity contribution is 0.0238. The third-order valence-electron chi connectivity index (χ3n) is 4.54. The number of hydrogen-bond donors (Lipinski definition) is 2. The molecule has 3 rings (SSSR count). The van der Waals surface area contributed by atoms with Gasteiger partial charge in [0, 0.05) is 34.8 Å². The van der Waals surface area contributed by atoms with Gasteiger partial charge in [-0.05, 0) is 61.4 Å². The summed E-state index contributed by atoms with van der Waals surface area (Å²) in [6, 6.07) is 13.4. The van der Waals surface area contributed by atoms with Crippen LogP contribution in [0.5, 0.6) is 0 Å². The van der Waals surface area contributed by atoms with E-state index in [-0.39, 0.29) is 18.1 Å². The van der Waals surface area contributed by atoms with Crippen LogP contribution in [-0.2, 0) is 6.42 Å². The smallest absolute Gasteiger partial charge is 0.251 e. The maximum absolute atomic E-state index is 12.6. The van der Waals surface area contributed by atoms with Crippen molar-refractivity contribution in [1.82, 2.24) is 10.3 Å². The maximum atomic E-state index is 12.6. The molecule has 1 aliphatic rings. The Morgan fingerprint density at radius 1 is 1.29 bits per heavy atom. The molecule has 24 heavy (non-hydrogen) atoms. The molecule has 1 aliphatic carbocycles. The molecule has 1 saturated carbocycles. The molecule has 2 aromatic rings. The summed E-state index contributed by atoms with van der Waals surface area (Å²) in [6.45, 7) is 0. The number of benzene rings is 1. The largest absolute Gasteiger partial charge is 0.393 e. The van der Waals surface area contributed by atoms with Crippen LogP contribution < -0.4 is 5.32 Å². The first-order valence-corrected chi connectivity index (χ1v) is 9.41. The molecular formula is C19H22N2O2S. The van der Waals surface area contributed by atoms with Gasteiger partial charge in [-0.25, -0.2) is 0 Å². The van der Waals surface area contributed by atoms with E-state index in [1.807, 2.05) is 48.7 Å². The van der Waals surface area contributed by atoms with E-state index in [0.29, 0.717) is 17.9 Å². The lowest BCUT2D eigenvalue weighted by Crippen LogP contribution is -2.48. The predicted octanol–water partition coefficient (Wildman–Crippen LogP) is 2.92. The van der Waals surface area contributed by atoms with Gasteiger partial charge >= 0.3 is 0 Å². The number of nitrogens with one attached hydrogen (secondary N) is 1. The normalized spacial score (nSPS) is 20.9. The van der Waals surface area contributed by atoms with Crippen molar-refractivity contribution in [3.05, 3.63) is 59.9 Å². The summed E-state index contributed by atoms with van der Waals surface area (Å²) in [6.07, 6.45) is 5.71. The highest BCUT2D eigenvalue weighted by Gasteiger charge is 2.35. The number of aliphatic hydroxyl groups is 1. The quantitative estimate of drug-likeness (QED) is 0.793. The summed E-state index contributed by atoms with van der Waals surface area (Å²) in [5, 5.41) is 12.8. The van der Waals surface area contributed by atoms with E-state index in [2.05, 4.69) is 10.3 Å². The topological polar surface area (TPSA) is 62.2 Å². The molecule has 0 bridgehead atoms. The summed E-state index contributed by atoms with van der Waals surface area (Å²) in [7, 11) is 0. The molecule has 5 heteroatoms. The first kappa shape index (κ1) is 17.0. The summed E-state index contributed by atoms with van der Waals surface area (Å²) in [4.78, 5) is 18.1. The average molecular weight is 342 g/mol. The van der Waals surface area contributed by atoms with Crippen molar-refractivity contribution in [1.29, 1.82) is 0 Å². The van der Waals surface area contributed by atoms with Crippen LogP contribution in [0.4, 0.5) is 0 Å². The van der Waals surface area contributed by atoms with Gasteiger partial charge in [0.2, 0.25) is 0 Å². The number of hydrogen-bond acceptors (Lipinski definition) is 4. The van der Waals surface area contributed by atoms with E-state index in [1.165, 1.54) is 0 Å². The molecule has 0 unspecified atom stereocenters. The molecule has 1 aromatic carbocycles. The predicted molar refractivity (Wildman–Crippen MR) is 96.1 cm³/mol. The molecule has 1 heterocycles. The Morgan fingerprint density at radius 3 is 2.62 bits per heavy atom. The van der Waals surface area contributed by atoms with E-state index in [0.717, 1.165) is 23.4 Å². The van der Waals surface area contributed by atoms with Gasteiger partial charge in [0.25, 0.3) is 5.91 Å². The maximum Gasteiger partial charge on any atom is 0.251 e. The Morgan fingerprint density at radius 2 is 2.04 bits per heavy atom. The minimum Gasteiger partial charge on any atom is -0.393 e. The second-order valence-electron chi connectivity index (χ2n) is 6.22. The summed E-state index contributed by atoms with van der Waals surface area (Å²) in [5.41, 5.74) is 1.63. The molecule has 126 valence electrons. The van der Waals surface area contributed by atoms with Crippen LogP contribution >= 0.6 is 11.8 Å². The molecule has 1 aromatic heterocycles. The Balaban J connectivity index is 1.69. The van der Waals surface area contributed by atoms with Crippen molar-refractivity contribution in [3.8, 4) is 0 Å². The van der Waals surface area contributed by atoms with E-state index < -0.39 is 0 Å². The van der Waals surface area contributed by atoms with Crippen LogP contribution in [0.2, 0.25) is 0 Å². The SMILES string of the molecule is CSc1ccc(C(=O)N[C@H](Cc2ccccn2)C2CC(O)C2)cc1. The minimum atomic E-state index is -0.237. The zero-order valence-electron chi connectivity index (χ0n) is 13.7. The Kier molecular flexibility index (Phi) is 5.53. The van der Waals surface area contributed by atoms with E-state index in [4.69, 9.17) is 0 Å². The monoisotopic (exact) mass is 342 g/mol. The number of thioether (sulfide) groups is 1. The van der Waals surface area contributed by atoms with Gasteiger partial charge in [0.05, 0.1) is 6.10 Å². The van der Waals surface area contributed by atoms with E-state index in [1.54, 1.807) is 18.0 Å². The molecule has 0 aliphatic heterocycles. The van der Waals surface area contributed by atoms with Crippen molar-refractivity contribution < 1.29 is 9.90 Å². The fraction of sp³-hybridized carbons (Fsp3) is 0.368. The van der Waals surface area contributed by atoms with Crippen LogP contribution in [0.15, 0.2) is 53.6 Å². The van der Waals surface area contributed by atoms with Gasteiger partial charge in [0.1, 0.15) is 0 Å². The van der Waals surface area contributed by atoms with Crippen molar-refractivity contribution in [2.75, 3.05) is 6.26 Å². The molecule has 1 fully saturated rings. The minimum absolute atomic E-state index is 0.00368. The van der Waals surface area contributed by atoms with E-state index in [9.17, 15) is 9.90 Å². The number of carbonyl (C=O) groups is 1. The summed E-state index contributed by atoms with van der Waals surface area (Å²) < 4.78 is 0. The first-order valence-electron chi connectivity index (χ1n) is 8.18. The van der Waals surface area contributed by atoms with Crippen molar-refractivity contribution in [3.63, 3.8) is 0 Å². The second kappa shape index (κ2) is 7.81. The number of pyridine rings is 1. The fourth-order valence-electron chi connectivity index (χ4n) is 3.03. The van der Waals surface area contributed by atoms with Gasteiger partial charge < -0.3 is 10.4 Å². The third-order valence-corrected chi connectivity index (χ3v) is 5.29. The van der Waals surface area contributed by atoms with Crippen LogP contribution in [0.1, 0.15) is 28.9 Å². The van der Waals surface area contributed by atoms with Crippen LogP contribution in [0.3, 0.4) is 0 Å². The zero-order valence-corrected chi connectivity index (χ0v) is 14.5. The highest BCUT2D eigenvalue weighted by atomic mass is 32.2. The van der Waals surface area contributed by atoms with Gasteiger partial charge in [-0.2, -0.15) is 0 Å². The van der Waals surface area contributed by atoms with Gasteiger partial charge in [0.15, 0.2) is 0 Å². The number of rotatable bonds is 6. The number of nitrogens with zero attached hydrogens (tertiary/aromatic N) is 1. The fourth-order valence-corrected chi connectivity index (χ4v) is 3.44. The molecule has 0 radical (unpaired) electrons. The molecule has 0 saturated heterocycles. The Hall–Kier alpha value is -1.85. The number of aliphatic hydroxyl groups excluding tert-OH is 1. The third kappa shape index (κ3) is 4.16. The summed E-state index contributed by atoms with van der Waals surface area (Å²) >= 11 is 1.66. The van der Waals surface area contributed by atoms with Gasteiger partial charge in [-0.15, -0.1) is 11.8 Å². The first-order chi connectivity index (χ1) is 11.7.